The third-order valence-electron chi connectivity index (χ3n) is 3.46. The first-order valence-electron chi connectivity index (χ1n) is 6.73. The van der Waals surface area contributed by atoms with Gasteiger partial charge in [0.05, 0.1) is 5.56 Å². The van der Waals surface area contributed by atoms with E-state index in [9.17, 15) is 18.0 Å². The fourth-order valence-electron chi connectivity index (χ4n) is 2.15. The maximum absolute atomic E-state index is 12.5. The number of alkyl halides is 3. The molecule has 2 rings (SSSR count). The van der Waals surface area contributed by atoms with Gasteiger partial charge in [-0.15, -0.1) is 0 Å². The molecule has 0 radical (unpaired) electrons. The number of hydrogen-bond donors (Lipinski definition) is 0. The maximum Gasteiger partial charge on any atom is 0.416 e. The van der Waals surface area contributed by atoms with Crippen molar-refractivity contribution in [3.63, 3.8) is 0 Å². The van der Waals surface area contributed by atoms with E-state index >= 15 is 0 Å². The molecule has 0 aromatic heterocycles. The minimum Gasteiger partial charge on any atom is -0.294 e. The van der Waals surface area contributed by atoms with Crippen LogP contribution in [0.25, 0.3) is 0 Å². The minimum absolute atomic E-state index is 0.0351. The first-order valence-corrected chi connectivity index (χ1v) is 7.11. The van der Waals surface area contributed by atoms with E-state index < -0.39 is 11.7 Å². The number of benzene rings is 2. The summed E-state index contributed by atoms with van der Waals surface area (Å²) in [4.78, 5) is 12.1. The zero-order valence-electron chi connectivity index (χ0n) is 11.8. The molecule has 0 N–H and O–H groups in total. The molecule has 0 heterocycles. The van der Waals surface area contributed by atoms with Gasteiger partial charge in [0.1, 0.15) is 0 Å². The van der Waals surface area contributed by atoms with E-state index in [-0.39, 0.29) is 23.7 Å². The van der Waals surface area contributed by atoms with Crippen molar-refractivity contribution in [1.82, 2.24) is 0 Å². The summed E-state index contributed by atoms with van der Waals surface area (Å²) in [7, 11) is 0. The molecule has 116 valence electrons. The molecule has 0 aliphatic carbocycles. The van der Waals surface area contributed by atoms with Gasteiger partial charge in [-0.2, -0.15) is 13.2 Å². The number of hydrogen-bond acceptors (Lipinski definition) is 1. The zero-order valence-corrected chi connectivity index (χ0v) is 12.6. The fraction of sp³-hybridized carbons (Fsp3) is 0.235. The molecule has 0 saturated heterocycles. The number of carbonyl (C=O) groups is 1. The Morgan fingerprint density at radius 1 is 1.05 bits per heavy atom. The predicted molar refractivity (Wildman–Crippen MR) is 80.3 cm³/mol. The van der Waals surface area contributed by atoms with E-state index in [1.807, 2.05) is 19.1 Å². The van der Waals surface area contributed by atoms with E-state index in [2.05, 4.69) is 0 Å². The Morgan fingerprint density at radius 3 is 2.09 bits per heavy atom. The molecule has 0 spiro atoms. The first-order chi connectivity index (χ1) is 10.3. The normalized spacial score (nSPS) is 13.0. The standard InChI is InChI=1S/C17H14ClF3O/c1-11(12-4-8-15(18)9-5-12)10-16(22)13-2-6-14(7-3-13)17(19,20)21/h2-9,11H,10H2,1H3. The Kier molecular flexibility index (Phi) is 4.91. The molecule has 1 atom stereocenters. The van der Waals surface area contributed by atoms with E-state index in [0.29, 0.717) is 5.02 Å². The summed E-state index contributed by atoms with van der Waals surface area (Å²) >= 11 is 5.81. The summed E-state index contributed by atoms with van der Waals surface area (Å²) in [6.45, 7) is 1.89. The molecular formula is C17H14ClF3O. The highest BCUT2D eigenvalue weighted by Gasteiger charge is 2.30. The molecule has 1 unspecified atom stereocenters. The van der Waals surface area contributed by atoms with E-state index in [1.54, 1.807) is 12.1 Å². The Labute approximate surface area is 131 Å². The molecule has 0 bridgehead atoms. The van der Waals surface area contributed by atoms with Gasteiger partial charge in [-0.25, -0.2) is 0 Å². The predicted octanol–water partition coefficient (Wildman–Crippen LogP) is 5.74. The van der Waals surface area contributed by atoms with Crippen LogP contribution in [0.15, 0.2) is 48.5 Å². The van der Waals surface area contributed by atoms with Gasteiger partial charge in [-0.05, 0) is 35.7 Å². The Balaban J connectivity index is 2.07. The molecule has 2 aromatic rings. The average Bonchev–Trinajstić information content (AvgIpc) is 2.47. The van der Waals surface area contributed by atoms with Crippen LogP contribution in [-0.2, 0) is 6.18 Å². The SMILES string of the molecule is CC(CC(=O)c1ccc(C(F)(F)F)cc1)c1ccc(Cl)cc1. The van der Waals surface area contributed by atoms with Gasteiger partial charge in [-0.1, -0.05) is 42.8 Å². The van der Waals surface area contributed by atoms with Crippen LogP contribution in [-0.4, -0.2) is 5.78 Å². The van der Waals surface area contributed by atoms with Gasteiger partial charge in [-0.3, -0.25) is 4.79 Å². The number of carbonyl (C=O) groups excluding carboxylic acids is 1. The highest BCUT2D eigenvalue weighted by molar-refractivity contribution is 6.30. The summed E-state index contributed by atoms with van der Waals surface area (Å²) in [5, 5.41) is 0.616. The summed E-state index contributed by atoms with van der Waals surface area (Å²) in [6.07, 6.45) is -4.16. The first kappa shape index (κ1) is 16.6. The molecule has 5 heteroatoms. The second-order valence-electron chi connectivity index (χ2n) is 5.16. The number of ketones is 1. The molecule has 0 amide bonds. The smallest absolute Gasteiger partial charge is 0.294 e. The van der Waals surface area contributed by atoms with Crippen molar-refractivity contribution in [1.29, 1.82) is 0 Å². The Hall–Kier alpha value is -1.81. The lowest BCUT2D eigenvalue weighted by molar-refractivity contribution is -0.137. The Bertz CT molecular complexity index is 645. The summed E-state index contributed by atoms with van der Waals surface area (Å²) in [5.41, 5.74) is 0.494. The van der Waals surface area contributed by atoms with Crippen LogP contribution in [0.2, 0.25) is 5.02 Å². The fourth-order valence-corrected chi connectivity index (χ4v) is 2.28. The molecule has 22 heavy (non-hydrogen) atoms. The van der Waals surface area contributed by atoms with Crippen molar-refractivity contribution in [3.05, 3.63) is 70.2 Å². The number of Topliss-reactive ketones (excluding diaryl/α,β-unsaturated/α-hetero) is 1. The summed E-state index contributed by atoms with van der Waals surface area (Å²) in [5.74, 6) is -0.219. The van der Waals surface area contributed by atoms with Crippen LogP contribution in [0, 0.1) is 0 Å². The molecule has 0 saturated carbocycles. The second-order valence-corrected chi connectivity index (χ2v) is 5.59. The minimum atomic E-state index is -4.39. The lowest BCUT2D eigenvalue weighted by Gasteiger charge is -2.12. The maximum atomic E-state index is 12.5. The molecular weight excluding hydrogens is 313 g/mol. The summed E-state index contributed by atoms with van der Waals surface area (Å²) < 4.78 is 37.5. The molecule has 0 fully saturated rings. The van der Waals surface area contributed by atoms with Gasteiger partial charge in [0.15, 0.2) is 5.78 Å². The third-order valence-corrected chi connectivity index (χ3v) is 3.72. The van der Waals surface area contributed by atoms with Crippen molar-refractivity contribution >= 4 is 17.4 Å². The quantitative estimate of drug-likeness (QED) is 0.655. The number of rotatable bonds is 4. The molecule has 1 nitrogen and oxygen atoms in total. The van der Waals surface area contributed by atoms with Gasteiger partial charge < -0.3 is 0 Å². The van der Waals surface area contributed by atoms with Crippen molar-refractivity contribution in [2.45, 2.75) is 25.4 Å². The second kappa shape index (κ2) is 6.53. The lowest BCUT2D eigenvalue weighted by atomic mass is 9.93. The topological polar surface area (TPSA) is 17.1 Å². The van der Waals surface area contributed by atoms with Crippen LogP contribution in [0.1, 0.15) is 40.7 Å². The van der Waals surface area contributed by atoms with Gasteiger partial charge in [0.25, 0.3) is 0 Å². The van der Waals surface area contributed by atoms with Crippen molar-refractivity contribution in [3.8, 4) is 0 Å². The highest BCUT2D eigenvalue weighted by Crippen LogP contribution is 2.29. The van der Waals surface area contributed by atoms with Crippen LogP contribution >= 0.6 is 11.6 Å². The number of halogens is 4. The molecule has 0 aliphatic heterocycles. The van der Waals surface area contributed by atoms with E-state index in [4.69, 9.17) is 11.6 Å². The van der Waals surface area contributed by atoms with Gasteiger partial charge >= 0.3 is 6.18 Å². The van der Waals surface area contributed by atoms with Crippen molar-refractivity contribution in [2.24, 2.45) is 0 Å². The largest absolute Gasteiger partial charge is 0.416 e. The summed E-state index contributed by atoms with van der Waals surface area (Å²) in [6, 6.07) is 11.5. The van der Waals surface area contributed by atoms with Gasteiger partial charge in [0, 0.05) is 17.0 Å². The van der Waals surface area contributed by atoms with E-state index in [1.165, 1.54) is 12.1 Å². The van der Waals surface area contributed by atoms with Crippen molar-refractivity contribution < 1.29 is 18.0 Å². The Morgan fingerprint density at radius 2 is 1.59 bits per heavy atom. The zero-order chi connectivity index (χ0) is 16.3. The van der Waals surface area contributed by atoms with Crippen molar-refractivity contribution in [2.75, 3.05) is 0 Å². The van der Waals surface area contributed by atoms with Crippen LogP contribution in [0.4, 0.5) is 13.2 Å². The van der Waals surface area contributed by atoms with Crippen LogP contribution in [0.5, 0.6) is 0 Å². The average molecular weight is 327 g/mol. The molecule has 0 aliphatic rings. The van der Waals surface area contributed by atoms with E-state index in [0.717, 1.165) is 17.7 Å². The molecule has 2 aromatic carbocycles. The monoisotopic (exact) mass is 326 g/mol. The van der Waals surface area contributed by atoms with Crippen LogP contribution in [0.3, 0.4) is 0 Å². The highest BCUT2D eigenvalue weighted by atomic mass is 35.5. The third kappa shape index (κ3) is 4.10. The van der Waals surface area contributed by atoms with Crippen LogP contribution < -0.4 is 0 Å². The van der Waals surface area contributed by atoms with Gasteiger partial charge in [0.2, 0.25) is 0 Å². The lowest BCUT2D eigenvalue weighted by Crippen LogP contribution is -2.08.